The van der Waals surface area contributed by atoms with Gasteiger partial charge in [-0.2, -0.15) is 0 Å². The number of methoxy groups -OCH3 is 1. The van der Waals surface area contributed by atoms with Crippen LogP contribution in [0.3, 0.4) is 0 Å². The molecule has 0 bridgehead atoms. The van der Waals surface area contributed by atoms with Gasteiger partial charge in [0, 0.05) is 18.4 Å². The van der Waals surface area contributed by atoms with E-state index in [1.807, 2.05) is 12.1 Å². The van der Waals surface area contributed by atoms with Gasteiger partial charge in [0.05, 0.1) is 20.2 Å². The van der Waals surface area contributed by atoms with Crippen LogP contribution in [0.25, 0.3) is 0 Å². The Kier molecular flexibility index (Phi) is 7.80. The Hall–Kier alpha value is -2.04. The third-order valence-electron chi connectivity index (χ3n) is 6.87. The fourth-order valence-electron chi connectivity index (χ4n) is 4.92. The molecular formula is C29H44NO3+. The van der Waals surface area contributed by atoms with Gasteiger partial charge in [0.1, 0.15) is 37.3 Å². The van der Waals surface area contributed by atoms with Crippen LogP contribution in [0.15, 0.2) is 42.5 Å². The van der Waals surface area contributed by atoms with Crippen LogP contribution in [0.5, 0.6) is 11.5 Å². The molecule has 3 rings (SSSR count). The number of hydrogen-bond acceptors (Lipinski definition) is 3. The molecule has 0 amide bonds. The van der Waals surface area contributed by atoms with Crippen LogP contribution in [0.2, 0.25) is 0 Å². The van der Waals surface area contributed by atoms with Gasteiger partial charge in [-0.15, -0.1) is 0 Å². The third kappa shape index (κ3) is 6.74. The summed E-state index contributed by atoms with van der Waals surface area (Å²) in [6, 6.07) is 14.9. The summed E-state index contributed by atoms with van der Waals surface area (Å²) in [5, 5.41) is 11.0. The number of aliphatic hydroxyl groups excluding tert-OH is 1. The number of likely N-dealkylation sites (tertiary alicyclic amines) is 1. The first-order valence-corrected chi connectivity index (χ1v) is 12.4. The highest BCUT2D eigenvalue weighted by molar-refractivity contribution is 5.43. The van der Waals surface area contributed by atoms with Crippen molar-refractivity contribution in [1.82, 2.24) is 0 Å². The van der Waals surface area contributed by atoms with Crippen LogP contribution >= 0.6 is 0 Å². The first-order chi connectivity index (χ1) is 15.4. The van der Waals surface area contributed by atoms with Crippen molar-refractivity contribution < 1.29 is 19.1 Å². The highest BCUT2D eigenvalue weighted by atomic mass is 16.5. The van der Waals surface area contributed by atoms with Crippen molar-refractivity contribution in [3.63, 3.8) is 0 Å². The van der Waals surface area contributed by atoms with Gasteiger partial charge in [-0.05, 0) is 52.3 Å². The Morgan fingerprint density at radius 3 is 2.09 bits per heavy atom. The Balaban J connectivity index is 1.69. The predicted octanol–water partition coefficient (Wildman–Crippen LogP) is 5.84. The third-order valence-corrected chi connectivity index (χ3v) is 6.87. The molecule has 0 spiro atoms. The molecule has 182 valence electrons. The maximum atomic E-state index is 11.0. The maximum absolute atomic E-state index is 11.0. The van der Waals surface area contributed by atoms with Crippen LogP contribution < -0.4 is 9.47 Å². The number of ether oxygens (including phenoxy) is 2. The van der Waals surface area contributed by atoms with E-state index in [-0.39, 0.29) is 10.8 Å². The van der Waals surface area contributed by atoms with Crippen molar-refractivity contribution >= 4 is 0 Å². The van der Waals surface area contributed by atoms with Gasteiger partial charge in [-0.25, -0.2) is 0 Å². The summed E-state index contributed by atoms with van der Waals surface area (Å²) in [4.78, 5) is 0. The van der Waals surface area contributed by atoms with Gasteiger partial charge in [0.25, 0.3) is 0 Å². The summed E-state index contributed by atoms with van der Waals surface area (Å²) in [7, 11) is 1.70. The summed E-state index contributed by atoms with van der Waals surface area (Å²) in [6.07, 6.45) is 1.93. The molecule has 0 aromatic heterocycles. The van der Waals surface area contributed by atoms with E-state index in [0.29, 0.717) is 6.61 Å². The predicted molar refractivity (Wildman–Crippen MR) is 136 cm³/mol. The van der Waals surface area contributed by atoms with Crippen molar-refractivity contribution in [1.29, 1.82) is 0 Å². The number of hydrogen-bond donors (Lipinski definition) is 1. The average molecular weight is 455 g/mol. The molecule has 0 radical (unpaired) electrons. The lowest BCUT2D eigenvalue weighted by Gasteiger charge is -2.36. The van der Waals surface area contributed by atoms with Crippen molar-refractivity contribution in [2.45, 2.75) is 77.9 Å². The quantitative estimate of drug-likeness (QED) is 0.509. The van der Waals surface area contributed by atoms with E-state index in [4.69, 9.17) is 9.47 Å². The van der Waals surface area contributed by atoms with Crippen molar-refractivity contribution in [2.75, 3.05) is 33.4 Å². The standard InChI is InChI=1S/C29H44NO3/c1-28(2,3)23-12-15-27(26(18-23)29(4,5)6)33-21-24(31)20-30(16-8-9-17-30)19-22-10-13-25(32-7)14-11-22/h10-15,18,24,31H,8-9,16-17,19-21H2,1-7H3/q+1/t24-/m0/s1. The molecule has 1 aliphatic rings. The van der Waals surface area contributed by atoms with Crippen LogP contribution in [0, 0.1) is 0 Å². The number of rotatable bonds is 8. The minimum atomic E-state index is -0.503. The van der Waals surface area contributed by atoms with Gasteiger partial charge in [-0.1, -0.05) is 53.7 Å². The van der Waals surface area contributed by atoms with Crippen molar-refractivity contribution in [3.05, 3.63) is 59.2 Å². The largest absolute Gasteiger partial charge is 0.497 e. The van der Waals surface area contributed by atoms with E-state index in [1.54, 1.807) is 7.11 Å². The minimum absolute atomic E-state index is 0.0291. The molecule has 0 unspecified atom stereocenters. The minimum Gasteiger partial charge on any atom is -0.497 e. The molecule has 2 aromatic carbocycles. The summed E-state index contributed by atoms with van der Waals surface area (Å²) < 4.78 is 12.5. The molecule has 1 atom stereocenters. The topological polar surface area (TPSA) is 38.7 Å². The van der Waals surface area contributed by atoms with Crippen LogP contribution in [-0.2, 0) is 17.4 Å². The van der Waals surface area contributed by atoms with Crippen LogP contribution in [-0.4, -0.2) is 49.0 Å². The summed E-state index contributed by atoms with van der Waals surface area (Å²) in [6.45, 7) is 17.6. The second kappa shape index (κ2) is 10.1. The SMILES string of the molecule is COc1ccc(C[N+]2(C[C@H](O)COc3ccc(C(C)(C)C)cc3C(C)(C)C)CCCC2)cc1. The van der Waals surface area contributed by atoms with E-state index < -0.39 is 6.10 Å². The lowest BCUT2D eigenvalue weighted by atomic mass is 9.80. The van der Waals surface area contributed by atoms with Gasteiger partial charge in [0.2, 0.25) is 0 Å². The van der Waals surface area contributed by atoms with E-state index in [0.717, 1.165) is 42.2 Å². The van der Waals surface area contributed by atoms with E-state index in [2.05, 4.69) is 71.9 Å². The number of aliphatic hydroxyl groups is 1. The van der Waals surface area contributed by atoms with E-state index in [1.165, 1.54) is 29.5 Å². The van der Waals surface area contributed by atoms with Gasteiger partial charge >= 0.3 is 0 Å². The molecule has 2 aromatic rings. The molecular weight excluding hydrogens is 410 g/mol. The lowest BCUT2D eigenvalue weighted by Crippen LogP contribution is -2.50. The Morgan fingerprint density at radius 2 is 1.55 bits per heavy atom. The normalized spacial score (nSPS) is 17.1. The second-order valence-corrected chi connectivity index (χ2v) is 11.9. The van der Waals surface area contributed by atoms with E-state index in [9.17, 15) is 5.11 Å². The molecule has 0 saturated carbocycles. The molecule has 33 heavy (non-hydrogen) atoms. The monoisotopic (exact) mass is 454 g/mol. The molecule has 1 heterocycles. The molecule has 4 nitrogen and oxygen atoms in total. The van der Waals surface area contributed by atoms with Gasteiger partial charge < -0.3 is 19.1 Å². The smallest absolute Gasteiger partial charge is 0.137 e. The molecule has 1 saturated heterocycles. The summed E-state index contributed by atoms with van der Waals surface area (Å²) in [5.74, 6) is 1.77. The van der Waals surface area contributed by atoms with Crippen LogP contribution in [0.4, 0.5) is 0 Å². The van der Waals surface area contributed by atoms with Gasteiger partial charge in [-0.3, -0.25) is 0 Å². The van der Waals surface area contributed by atoms with Crippen LogP contribution in [0.1, 0.15) is 71.1 Å². The Bertz CT molecular complexity index is 900. The second-order valence-electron chi connectivity index (χ2n) is 11.9. The maximum Gasteiger partial charge on any atom is 0.137 e. The van der Waals surface area contributed by atoms with Crippen molar-refractivity contribution in [3.8, 4) is 11.5 Å². The first-order valence-electron chi connectivity index (χ1n) is 12.4. The highest BCUT2D eigenvalue weighted by Crippen LogP contribution is 2.35. The number of benzene rings is 2. The lowest BCUT2D eigenvalue weighted by molar-refractivity contribution is -0.932. The Labute approximate surface area is 201 Å². The van der Waals surface area contributed by atoms with Gasteiger partial charge in [0.15, 0.2) is 0 Å². The molecule has 0 aliphatic carbocycles. The fourth-order valence-corrected chi connectivity index (χ4v) is 4.92. The zero-order valence-corrected chi connectivity index (χ0v) is 21.8. The molecule has 1 aliphatic heterocycles. The van der Waals surface area contributed by atoms with Crippen molar-refractivity contribution in [2.24, 2.45) is 0 Å². The highest BCUT2D eigenvalue weighted by Gasteiger charge is 2.35. The molecule has 1 fully saturated rings. The number of nitrogens with zero attached hydrogens (tertiary/aromatic N) is 1. The average Bonchev–Trinajstić information content (AvgIpc) is 3.19. The molecule has 4 heteroatoms. The summed E-state index contributed by atoms with van der Waals surface area (Å²) >= 11 is 0. The zero-order valence-electron chi connectivity index (χ0n) is 21.8. The number of quaternary nitrogens is 1. The molecule has 1 N–H and O–H groups in total. The first kappa shape index (κ1) is 25.6. The Morgan fingerprint density at radius 1 is 0.909 bits per heavy atom. The van der Waals surface area contributed by atoms with E-state index >= 15 is 0 Å². The summed E-state index contributed by atoms with van der Waals surface area (Å²) in [5.41, 5.74) is 3.86. The fraction of sp³-hybridized carbons (Fsp3) is 0.586. The zero-order chi connectivity index (χ0) is 24.3.